The number of hydrogen-bond acceptors (Lipinski definition) is 5. The molecule has 0 heterocycles. The Labute approximate surface area is 94.1 Å². The molecule has 90 valence electrons. The van der Waals surface area contributed by atoms with Gasteiger partial charge in [-0.15, -0.1) is 0 Å². The predicted octanol–water partition coefficient (Wildman–Crippen LogP) is 0.849. The van der Waals surface area contributed by atoms with Gasteiger partial charge in [-0.05, 0) is 0 Å². The summed E-state index contributed by atoms with van der Waals surface area (Å²) in [5.41, 5.74) is 0. The fourth-order valence-electron chi connectivity index (χ4n) is 1.85. The van der Waals surface area contributed by atoms with Gasteiger partial charge in [0.1, 0.15) is 18.0 Å². The van der Waals surface area contributed by atoms with Crippen LogP contribution < -0.4 is 0 Å². The van der Waals surface area contributed by atoms with Crippen LogP contribution in [0.2, 0.25) is 0 Å². The highest BCUT2D eigenvalue weighted by Gasteiger charge is 2.37. The summed E-state index contributed by atoms with van der Waals surface area (Å²) >= 11 is 0. The van der Waals surface area contributed by atoms with Gasteiger partial charge in [-0.2, -0.15) is 0 Å². The van der Waals surface area contributed by atoms with Crippen LogP contribution in [0.15, 0.2) is 0 Å². The highest BCUT2D eigenvalue weighted by molar-refractivity contribution is 5.83. The average Bonchev–Trinajstić information content (AvgIpc) is 2.11. The van der Waals surface area contributed by atoms with Crippen LogP contribution in [0, 0.1) is 5.92 Å². The molecule has 16 heavy (non-hydrogen) atoms. The van der Waals surface area contributed by atoms with Gasteiger partial charge in [0.05, 0.1) is 5.92 Å². The van der Waals surface area contributed by atoms with Crippen molar-refractivity contribution in [1.82, 2.24) is 0 Å². The first kappa shape index (κ1) is 12.7. The number of carbonyl (C=O) groups is 3. The van der Waals surface area contributed by atoms with E-state index in [0.717, 1.165) is 0 Å². The molecule has 1 unspecified atom stereocenters. The molecule has 1 rings (SSSR count). The average molecular weight is 228 g/mol. The van der Waals surface area contributed by atoms with Gasteiger partial charge in [-0.1, -0.05) is 6.92 Å². The van der Waals surface area contributed by atoms with Gasteiger partial charge in [0.25, 0.3) is 0 Å². The zero-order valence-electron chi connectivity index (χ0n) is 9.69. The van der Waals surface area contributed by atoms with Crippen molar-refractivity contribution in [2.45, 2.75) is 45.8 Å². The van der Waals surface area contributed by atoms with Crippen molar-refractivity contribution in [3.63, 3.8) is 0 Å². The fourth-order valence-corrected chi connectivity index (χ4v) is 1.85. The predicted molar refractivity (Wildman–Crippen MR) is 54.5 cm³/mol. The molecule has 1 fully saturated rings. The van der Waals surface area contributed by atoms with Gasteiger partial charge in [0, 0.05) is 26.7 Å². The van der Waals surface area contributed by atoms with Crippen LogP contribution in [-0.2, 0) is 23.9 Å². The molecule has 3 atom stereocenters. The van der Waals surface area contributed by atoms with Crippen LogP contribution >= 0.6 is 0 Å². The Hall–Kier alpha value is -1.39. The molecule has 0 bridgehead atoms. The smallest absolute Gasteiger partial charge is 0.302 e. The number of hydrogen-bond donors (Lipinski definition) is 0. The van der Waals surface area contributed by atoms with E-state index in [9.17, 15) is 14.4 Å². The number of carbonyl (C=O) groups excluding carboxylic acids is 3. The number of Topliss-reactive ketones (excluding diaryl/α,β-unsaturated/α-hetero) is 1. The lowest BCUT2D eigenvalue weighted by Crippen LogP contribution is -2.41. The van der Waals surface area contributed by atoms with E-state index in [4.69, 9.17) is 9.47 Å². The van der Waals surface area contributed by atoms with E-state index in [1.807, 2.05) is 0 Å². The van der Waals surface area contributed by atoms with Gasteiger partial charge in [0.2, 0.25) is 0 Å². The molecule has 1 aliphatic rings. The third kappa shape index (κ3) is 3.32. The molecule has 0 aromatic heterocycles. The van der Waals surface area contributed by atoms with Crippen molar-refractivity contribution in [3.05, 3.63) is 0 Å². The number of rotatable bonds is 2. The van der Waals surface area contributed by atoms with E-state index in [1.54, 1.807) is 6.92 Å². The maximum absolute atomic E-state index is 11.6. The lowest BCUT2D eigenvalue weighted by atomic mass is 9.85. The fraction of sp³-hybridized carbons (Fsp3) is 0.727. The van der Waals surface area contributed by atoms with E-state index in [-0.39, 0.29) is 18.1 Å². The SMILES string of the molecule is CC(=O)O[C@@H]1CC(=O)C(C)[C@@H](OC(C)=O)C1. The molecule has 1 aliphatic carbocycles. The van der Waals surface area contributed by atoms with Crippen LogP contribution in [0.3, 0.4) is 0 Å². The molecule has 0 amide bonds. The van der Waals surface area contributed by atoms with Crippen LogP contribution in [0.5, 0.6) is 0 Å². The van der Waals surface area contributed by atoms with Crippen molar-refractivity contribution in [1.29, 1.82) is 0 Å². The van der Waals surface area contributed by atoms with E-state index in [0.29, 0.717) is 6.42 Å². The molecule has 0 aromatic carbocycles. The zero-order chi connectivity index (χ0) is 12.3. The summed E-state index contributed by atoms with van der Waals surface area (Å²) in [7, 11) is 0. The quantitative estimate of drug-likeness (QED) is 0.655. The summed E-state index contributed by atoms with van der Waals surface area (Å²) in [4.78, 5) is 33.2. The zero-order valence-corrected chi connectivity index (χ0v) is 9.69. The second kappa shape index (κ2) is 5.09. The molecular weight excluding hydrogens is 212 g/mol. The van der Waals surface area contributed by atoms with Gasteiger partial charge >= 0.3 is 11.9 Å². The lowest BCUT2D eigenvalue weighted by molar-refractivity contribution is -0.162. The number of ketones is 1. The summed E-state index contributed by atoms with van der Waals surface area (Å²) in [5.74, 6) is -1.21. The Morgan fingerprint density at radius 1 is 1.19 bits per heavy atom. The molecular formula is C11H16O5. The Balaban J connectivity index is 2.65. The standard InChI is InChI=1S/C11H16O5/c1-6-10(14)4-9(15-7(2)12)5-11(6)16-8(3)13/h6,9,11H,4-5H2,1-3H3/t6?,9-,11+/m1/s1. The molecule has 0 N–H and O–H groups in total. The Kier molecular flexibility index (Phi) is 4.04. The third-order valence-corrected chi connectivity index (χ3v) is 2.64. The van der Waals surface area contributed by atoms with E-state index in [2.05, 4.69) is 0 Å². The molecule has 0 aliphatic heterocycles. The second-order valence-electron chi connectivity index (χ2n) is 4.07. The summed E-state index contributed by atoms with van der Waals surface area (Å²) in [6, 6.07) is 0. The summed E-state index contributed by atoms with van der Waals surface area (Å²) in [5, 5.41) is 0. The highest BCUT2D eigenvalue weighted by atomic mass is 16.6. The minimum atomic E-state index is -0.483. The molecule has 0 saturated heterocycles. The third-order valence-electron chi connectivity index (χ3n) is 2.64. The first-order valence-corrected chi connectivity index (χ1v) is 5.27. The van der Waals surface area contributed by atoms with Crippen molar-refractivity contribution in [2.24, 2.45) is 5.92 Å². The number of ether oxygens (including phenoxy) is 2. The molecule has 5 heteroatoms. The molecule has 0 spiro atoms. The lowest BCUT2D eigenvalue weighted by Gasteiger charge is -2.31. The van der Waals surface area contributed by atoms with E-state index < -0.39 is 24.1 Å². The Morgan fingerprint density at radius 2 is 1.75 bits per heavy atom. The number of esters is 2. The highest BCUT2D eigenvalue weighted by Crippen LogP contribution is 2.26. The van der Waals surface area contributed by atoms with Crippen LogP contribution in [0.25, 0.3) is 0 Å². The van der Waals surface area contributed by atoms with Crippen molar-refractivity contribution < 1.29 is 23.9 Å². The minimum Gasteiger partial charge on any atom is -0.462 e. The maximum Gasteiger partial charge on any atom is 0.302 e. The molecule has 1 saturated carbocycles. The first-order valence-electron chi connectivity index (χ1n) is 5.27. The van der Waals surface area contributed by atoms with Crippen molar-refractivity contribution >= 4 is 17.7 Å². The van der Waals surface area contributed by atoms with Gasteiger partial charge in [0.15, 0.2) is 0 Å². The van der Waals surface area contributed by atoms with Crippen LogP contribution in [0.4, 0.5) is 0 Å². The normalized spacial score (nSPS) is 29.7. The summed E-state index contributed by atoms with van der Waals surface area (Å²) in [6.07, 6.45) is -0.349. The summed E-state index contributed by atoms with van der Waals surface area (Å²) < 4.78 is 10.0. The van der Waals surface area contributed by atoms with E-state index >= 15 is 0 Å². The second-order valence-corrected chi connectivity index (χ2v) is 4.07. The largest absolute Gasteiger partial charge is 0.462 e. The van der Waals surface area contributed by atoms with Crippen molar-refractivity contribution in [3.8, 4) is 0 Å². The molecule has 0 aromatic rings. The van der Waals surface area contributed by atoms with Crippen molar-refractivity contribution in [2.75, 3.05) is 0 Å². The Morgan fingerprint density at radius 3 is 2.25 bits per heavy atom. The first-order chi connectivity index (χ1) is 7.40. The van der Waals surface area contributed by atoms with Crippen LogP contribution in [0.1, 0.15) is 33.6 Å². The van der Waals surface area contributed by atoms with E-state index in [1.165, 1.54) is 13.8 Å². The minimum absolute atomic E-state index is 0.0382. The van der Waals surface area contributed by atoms with Gasteiger partial charge < -0.3 is 9.47 Å². The van der Waals surface area contributed by atoms with Crippen LogP contribution in [-0.4, -0.2) is 29.9 Å². The monoisotopic (exact) mass is 228 g/mol. The Bertz CT molecular complexity index is 309. The van der Waals surface area contributed by atoms with Gasteiger partial charge in [-0.3, -0.25) is 14.4 Å². The van der Waals surface area contributed by atoms with Gasteiger partial charge in [-0.25, -0.2) is 0 Å². The molecule has 5 nitrogen and oxygen atoms in total. The molecule has 0 radical (unpaired) electrons. The maximum atomic E-state index is 11.6. The topological polar surface area (TPSA) is 69.7 Å². The summed E-state index contributed by atoms with van der Waals surface area (Å²) in [6.45, 7) is 4.32.